The van der Waals surface area contributed by atoms with Crippen molar-refractivity contribution in [3.05, 3.63) is 0 Å². The third-order valence-electron chi connectivity index (χ3n) is 3.02. The minimum Gasteiger partial charge on any atom is -0.321 e. The molecule has 0 radical (unpaired) electrons. The van der Waals surface area contributed by atoms with E-state index in [1.807, 2.05) is 37.3 Å². The molecule has 5 nitrogen and oxygen atoms in total. The van der Waals surface area contributed by atoms with Gasteiger partial charge in [0.05, 0.1) is 54.4 Å². The number of amidine groups is 2. The van der Waals surface area contributed by atoms with Crippen LogP contribution in [0.1, 0.15) is 27.7 Å². The molecule has 0 saturated carbocycles. The van der Waals surface area contributed by atoms with Gasteiger partial charge < -0.3 is 4.74 Å². The highest BCUT2D eigenvalue weighted by Crippen LogP contribution is 1.99. The zero-order chi connectivity index (χ0) is 15.0. The fourth-order valence-corrected chi connectivity index (χ4v) is 1.95. The monoisotopic (exact) mass is 272 g/mol. The van der Waals surface area contributed by atoms with Gasteiger partial charge in [-0.15, -0.1) is 0 Å². The molecular formula is C14H32N4O+2. The second-order valence-electron chi connectivity index (χ2n) is 4.80. The van der Waals surface area contributed by atoms with Crippen LogP contribution in [-0.4, -0.2) is 85.4 Å². The van der Waals surface area contributed by atoms with Gasteiger partial charge in [0.25, 0.3) is 0 Å². The molecular weight excluding hydrogens is 240 g/mol. The SMILES string of the molecule is CCN(CC)C(OC(N(CC)CC)=[N+](C)C)=[N+](C)C. The minimum atomic E-state index is 0.889. The first-order chi connectivity index (χ1) is 8.92. The van der Waals surface area contributed by atoms with E-state index < -0.39 is 0 Å². The van der Waals surface area contributed by atoms with Crippen LogP contribution in [0.2, 0.25) is 0 Å². The number of ether oxygens (including phenoxy) is 1. The smallest absolute Gasteiger partial charge is 0.321 e. The fraction of sp³-hybridized carbons (Fsp3) is 0.857. The molecule has 0 fully saturated rings. The Hall–Kier alpha value is -1.26. The molecule has 0 aliphatic heterocycles. The van der Waals surface area contributed by atoms with E-state index in [0.29, 0.717) is 0 Å². The summed E-state index contributed by atoms with van der Waals surface area (Å²) in [4.78, 5) is 4.43. The highest BCUT2D eigenvalue weighted by atomic mass is 16.5. The molecule has 0 bridgehead atoms. The van der Waals surface area contributed by atoms with E-state index in [1.165, 1.54) is 0 Å². The van der Waals surface area contributed by atoms with Crippen molar-refractivity contribution < 1.29 is 13.9 Å². The van der Waals surface area contributed by atoms with Crippen molar-refractivity contribution in [3.8, 4) is 0 Å². The molecule has 0 atom stereocenters. The highest BCUT2D eigenvalue weighted by molar-refractivity contribution is 5.84. The van der Waals surface area contributed by atoms with Crippen molar-refractivity contribution >= 4 is 12.0 Å². The summed E-state index contributed by atoms with van der Waals surface area (Å²) in [6, 6.07) is 1.78. The van der Waals surface area contributed by atoms with Gasteiger partial charge in [-0.2, -0.15) is 0 Å². The van der Waals surface area contributed by atoms with Crippen LogP contribution in [0.4, 0.5) is 0 Å². The molecule has 0 unspecified atom stereocenters. The molecule has 0 heterocycles. The van der Waals surface area contributed by atoms with Gasteiger partial charge in [-0.25, -0.2) is 19.0 Å². The van der Waals surface area contributed by atoms with Crippen LogP contribution in [0.3, 0.4) is 0 Å². The molecule has 0 aliphatic rings. The van der Waals surface area contributed by atoms with Crippen LogP contribution in [0.5, 0.6) is 0 Å². The Morgan fingerprint density at radius 2 is 0.947 bits per heavy atom. The Kier molecular flexibility index (Phi) is 8.19. The average Bonchev–Trinajstić information content (AvgIpc) is 2.37. The first kappa shape index (κ1) is 17.7. The van der Waals surface area contributed by atoms with Crippen molar-refractivity contribution in [2.45, 2.75) is 27.7 Å². The summed E-state index contributed by atoms with van der Waals surface area (Å²) in [6.07, 6.45) is 0. The Morgan fingerprint density at radius 3 is 1.11 bits per heavy atom. The number of hydrogen-bond acceptors (Lipinski definition) is 1. The molecule has 0 saturated heterocycles. The molecule has 0 aromatic rings. The summed E-state index contributed by atoms with van der Waals surface area (Å²) >= 11 is 0. The molecule has 0 aliphatic carbocycles. The minimum absolute atomic E-state index is 0.889. The second-order valence-corrected chi connectivity index (χ2v) is 4.80. The van der Waals surface area contributed by atoms with E-state index >= 15 is 0 Å². The largest absolute Gasteiger partial charge is 0.456 e. The van der Waals surface area contributed by atoms with E-state index in [-0.39, 0.29) is 0 Å². The summed E-state index contributed by atoms with van der Waals surface area (Å²) < 4.78 is 10.3. The topological polar surface area (TPSA) is 21.7 Å². The van der Waals surface area contributed by atoms with E-state index in [9.17, 15) is 0 Å². The quantitative estimate of drug-likeness (QED) is 0.432. The van der Waals surface area contributed by atoms with Crippen LogP contribution >= 0.6 is 0 Å². The predicted octanol–water partition coefficient (Wildman–Crippen LogP) is 0.943. The van der Waals surface area contributed by atoms with E-state index in [0.717, 1.165) is 38.2 Å². The van der Waals surface area contributed by atoms with E-state index in [1.54, 1.807) is 0 Å². The van der Waals surface area contributed by atoms with Crippen LogP contribution in [0.15, 0.2) is 0 Å². The molecule has 0 aromatic carbocycles. The summed E-state index contributed by atoms with van der Waals surface area (Å²) in [5.74, 6) is 0. The van der Waals surface area contributed by atoms with Crippen molar-refractivity contribution in [3.63, 3.8) is 0 Å². The van der Waals surface area contributed by atoms with Gasteiger partial charge in [0.2, 0.25) is 0 Å². The van der Waals surface area contributed by atoms with Crippen molar-refractivity contribution in [1.82, 2.24) is 9.80 Å². The molecule has 0 N–H and O–H groups in total. The molecule has 19 heavy (non-hydrogen) atoms. The van der Waals surface area contributed by atoms with Crippen LogP contribution in [-0.2, 0) is 4.74 Å². The highest BCUT2D eigenvalue weighted by Gasteiger charge is 2.28. The lowest BCUT2D eigenvalue weighted by Crippen LogP contribution is -2.46. The first-order valence-electron chi connectivity index (χ1n) is 7.18. The van der Waals surface area contributed by atoms with Crippen molar-refractivity contribution in [2.24, 2.45) is 0 Å². The Morgan fingerprint density at radius 1 is 0.684 bits per heavy atom. The van der Waals surface area contributed by atoms with Crippen LogP contribution in [0.25, 0.3) is 0 Å². The first-order valence-corrected chi connectivity index (χ1v) is 7.18. The summed E-state index contributed by atoms with van der Waals surface area (Å²) in [5, 5.41) is 0. The van der Waals surface area contributed by atoms with E-state index in [2.05, 4.69) is 37.5 Å². The number of rotatable bonds is 4. The Balaban J connectivity index is 5.33. The normalized spacial score (nSPS) is 9.89. The fourth-order valence-electron chi connectivity index (χ4n) is 1.95. The van der Waals surface area contributed by atoms with Gasteiger partial charge in [-0.3, -0.25) is 0 Å². The summed E-state index contributed by atoms with van der Waals surface area (Å²) in [6.45, 7) is 12.3. The second kappa shape index (κ2) is 8.77. The third kappa shape index (κ3) is 5.09. The van der Waals surface area contributed by atoms with Crippen LogP contribution in [0, 0.1) is 0 Å². The molecule has 0 spiro atoms. The maximum atomic E-state index is 6.20. The molecule has 112 valence electrons. The lowest BCUT2D eigenvalue weighted by atomic mass is 10.5. The zero-order valence-corrected chi connectivity index (χ0v) is 14.0. The summed E-state index contributed by atoms with van der Waals surface area (Å²) in [5.41, 5.74) is 0. The lowest BCUT2D eigenvalue weighted by Gasteiger charge is -2.20. The molecule has 0 rings (SSSR count). The molecule has 5 heteroatoms. The lowest BCUT2D eigenvalue weighted by molar-refractivity contribution is -0.493. The van der Waals surface area contributed by atoms with Crippen molar-refractivity contribution in [1.29, 1.82) is 0 Å². The Bertz CT molecular complexity index is 288. The molecule has 0 aromatic heterocycles. The Labute approximate surface area is 118 Å². The molecule has 0 amide bonds. The number of nitrogens with zero attached hydrogens (tertiary/aromatic N) is 4. The average molecular weight is 272 g/mol. The van der Waals surface area contributed by atoms with Crippen LogP contribution < -0.4 is 0 Å². The summed E-state index contributed by atoms with van der Waals surface area (Å²) in [7, 11) is 8.07. The number of hydrogen-bond donors (Lipinski definition) is 0. The van der Waals surface area contributed by atoms with Crippen molar-refractivity contribution in [2.75, 3.05) is 54.4 Å². The van der Waals surface area contributed by atoms with Gasteiger partial charge >= 0.3 is 12.0 Å². The van der Waals surface area contributed by atoms with E-state index in [4.69, 9.17) is 4.74 Å². The van der Waals surface area contributed by atoms with Gasteiger partial charge in [-0.1, -0.05) is 0 Å². The zero-order valence-electron chi connectivity index (χ0n) is 14.0. The maximum absolute atomic E-state index is 6.20. The maximum Gasteiger partial charge on any atom is 0.456 e. The predicted molar refractivity (Wildman–Crippen MR) is 81.2 cm³/mol. The van der Waals surface area contributed by atoms with Gasteiger partial charge in [0.1, 0.15) is 0 Å². The van der Waals surface area contributed by atoms with Gasteiger partial charge in [-0.05, 0) is 27.7 Å². The van der Waals surface area contributed by atoms with Gasteiger partial charge in [0.15, 0.2) is 0 Å². The van der Waals surface area contributed by atoms with Gasteiger partial charge in [0, 0.05) is 0 Å². The standard InChI is InChI=1S/C14H32N4O/c1-9-17(10-2)13(15(5)6)19-14(16(7)8)18(11-3)12-4/h9-12H2,1-8H3/q+2. The third-order valence-corrected chi connectivity index (χ3v) is 3.02.